The van der Waals surface area contributed by atoms with Gasteiger partial charge in [-0.2, -0.15) is 0 Å². The van der Waals surface area contributed by atoms with Gasteiger partial charge in [-0.05, 0) is 65.9 Å². The molecule has 0 aromatic heterocycles. The number of nitrogens with zero attached hydrogens (tertiary/aromatic N) is 1. The zero-order valence-corrected chi connectivity index (χ0v) is 19.4. The third-order valence-corrected chi connectivity index (χ3v) is 6.45. The van der Waals surface area contributed by atoms with Gasteiger partial charge in [-0.25, -0.2) is 8.42 Å². The van der Waals surface area contributed by atoms with Gasteiger partial charge < -0.3 is 13.8 Å². The molecule has 1 aliphatic heterocycles. The average molecular weight is 517 g/mol. The molecule has 1 fully saturated rings. The predicted octanol–water partition coefficient (Wildman–Crippen LogP) is 4.20. The summed E-state index contributed by atoms with van der Waals surface area (Å²) in [5.74, 6) is 0.995. The van der Waals surface area contributed by atoms with Crippen LogP contribution < -0.4 is 4.74 Å². The van der Waals surface area contributed by atoms with Gasteiger partial charge in [0.25, 0.3) is 0 Å². The number of benzene rings is 2. The molecule has 0 amide bonds. The average Bonchev–Trinajstić information content (AvgIpc) is 3.07. The van der Waals surface area contributed by atoms with E-state index in [-0.39, 0.29) is 4.90 Å². The van der Waals surface area contributed by atoms with E-state index in [1.807, 2.05) is 19.1 Å². The molecule has 0 atom stereocenters. The molecule has 0 spiro atoms. The maximum absolute atomic E-state index is 10.4. The molecule has 7 heteroatoms. The Morgan fingerprint density at radius 2 is 1.61 bits per heavy atom. The number of rotatable bonds is 6. The van der Waals surface area contributed by atoms with E-state index >= 15 is 0 Å². The van der Waals surface area contributed by atoms with Gasteiger partial charge in [0.15, 0.2) is 0 Å². The summed E-state index contributed by atoms with van der Waals surface area (Å²) in [5, 5.41) is 0. The molecule has 1 saturated heterocycles. The third kappa shape index (κ3) is 8.06. The van der Waals surface area contributed by atoms with Crippen LogP contribution in [0.25, 0.3) is 0 Å². The van der Waals surface area contributed by atoms with Gasteiger partial charge in [-0.3, -0.25) is 0 Å². The number of aryl methyl sites for hydroxylation is 1. The maximum atomic E-state index is 10.4. The van der Waals surface area contributed by atoms with Gasteiger partial charge in [0, 0.05) is 22.8 Å². The molecule has 154 valence electrons. The normalized spacial score (nSPS) is 15.6. The zero-order valence-electron chi connectivity index (χ0n) is 16.4. The van der Waals surface area contributed by atoms with Crippen molar-refractivity contribution in [2.45, 2.75) is 31.1 Å². The van der Waals surface area contributed by atoms with Crippen molar-refractivity contribution in [1.29, 1.82) is 0 Å². The molecule has 5 nitrogen and oxygen atoms in total. The van der Waals surface area contributed by atoms with Crippen LogP contribution in [0.5, 0.6) is 5.75 Å². The summed E-state index contributed by atoms with van der Waals surface area (Å²) in [6.07, 6.45) is 3.95. The van der Waals surface area contributed by atoms with Crippen LogP contribution in [-0.4, -0.2) is 50.7 Å². The monoisotopic (exact) mass is 517 g/mol. The second kappa shape index (κ2) is 10.6. The lowest BCUT2D eigenvalue weighted by Crippen LogP contribution is -2.42. The highest BCUT2D eigenvalue weighted by atomic mass is 127. The molecule has 0 unspecified atom stereocenters. The minimum absolute atomic E-state index is 0.178. The van der Waals surface area contributed by atoms with E-state index in [4.69, 9.17) is 4.74 Å². The Labute approximate surface area is 182 Å². The second-order valence-corrected chi connectivity index (χ2v) is 10.0. The lowest BCUT2D eigenvalue weighted by molar-refractivity contribution is -0.897. The fraction of sp³-hybridized carbons (Fsp3) is 0.429. The highest BCUT2D eigenvalue weighted by Gasteiger charge is 2.25. The Kier molecular flexibility index (Phi) is 8.73. The Balaban J connectivity index is 0.000000221. The molecular formula is C21H28INO4S. The zero-order chi connectivity index (χ0) is 20.6. The second-order valence-electron chi connectivity index (χ2n) is 7.42. The topological polar surface area (TPSA) is 66.4 Å². The van der Waals surface area contributed by atoms with Crippen LogP contribution in [0.4, 0.5) is 0 Å². The predicted molar refractivity (Wildman–Crippen MR) is 118 cm³/mol. The van der Waals surface area contributed by atoms with Gasteiger partial charge in [-0.1, -0.05) is 17.7 Å². The summed E-state index contributed by atoms with van der Waals surface area (Å²) in [6.45, 7) is 6.62. The lowest BCUT2D eigenvalue weighted by Gasteiger charge is -2.29. The molecule has 1 aliphatic rings. The van der Waals surface area contributed by atoms with E-state index in [1.54, 1.807) is 12.1 Å². The maximum Gasteiger partial charge on any atom is 0.124 e. The first-order chi connectivity index (χ1) is 13.2. The van der Waals surface area contributed by atoms with Crippen LogP contribution in [-0.2, 0) is 10.1 Å². The van der Waals surface area contributed by atoms with E-state index < -0.39 is 10.1 Å². The number of likely N-dealkylation sites (tertiary alicyclic amines) is 1. The van der Waals surface area contributed by atoms with Crippen LogP contribution in [0.15, 0.2) is 53.4 Å². The first-order valence-corrected chi connectivity index (χ1v) is 11.9. The summed E-state index contributed by atoms with van der Waals surface area (Å²) in [4.78, 5) is -0.178. The van der Waals surface area contributed by atoms with Crippen molar-refractivity contribution in [1.82, 2.24) is 0 Å². The Morgan fingerprint density at radius 1 is 1.04 bits per heavy atom. The Morgan fingerprint density at radius 3 is 2.14 bits per heavy atom. The van der Waals surface area contributed by atoms with Gasteiger partial charge >= 0.3 is 0 Å². The van der Waals surface area contributed by atoms with Crippen LogP contribution in [0.2, 0.25) is 0 Å². The van der Waals surface area contributed by atoms with Crippen LogP contribution in [0.3, 0.4) is 0 Å². The molecule has 2 aromatic rings. The molecule has 0 N–H and O–H groups in total. The van der Waals surface area contributed by atoms with E-state index in [1.165, 1.54) is 52.7 Å². The Bertz CT molecular complexity index is 830. The largest absolute Gasteiger partial charge is 0.744 e. The standard InChI is InChI=1S/C14H21INO.C7H8O3S/c1-16(9-2-3-10-16)11-4-12-17-14-7-5-13(15)6-8-14;1-6-2-4-7(5-3-6)11(8,9)10/h5-8H,2-4,9-12H2,1H3;2-5H,1H3,(H,8,9,10)/q+1;/p-1. The highest BCUT2D eigenvalue weighted by Crippen LogP contribution is 2.17. The number of ether oxygens (including phenoxy) is 1. The van der Waals surface area contributed by atoms with E-state index in [2.05, 4.69) is 41.8 Å². The van der Waals surface area contributed by atoms with Crippen molar-refractivity contribution in [3.05, 3.63) is 57.7 Å². The fourth-order valence-corrected chi connectivity index (χ4v) is 4.02. The summed E-state index contributed by atoms with van der Waals surface area (Å²) < 4.78 is 39.4. The van der Waals surface area contributed by atoms with E-state index in [0.29, 0.717) is 0 Å². The number of hydrogen-bond acceptors (Lipinski definition) is 4. The molecular weight excluding hydrogens is 489 g/mol. The van der Waals surface area contributed by atoms with Crippen LogP contribution in [0, 0.1) is 10.5 Å². The van der Waals surface area contributed by atoms with Gasteiger partial charge in [0.2, 0.25) is 0 Å². The van der Waals surface area contributed by atoms with Crippen molar-refractivity contribution < 1.29 is 22.2 Å². The van der Waals surface area contributed by atoms with Crippen LogP contribution >= 0.6 is 22.6 Å². The number of quaternary nitrogens is 1. The molecule has 0 aliphatic carbocycles. The number of halogens is 1. The van der Waals surface area contributed by atoms with Crippen molar-refractivity contribution >= 4 is 32.7 Å². The van der Waals surface area contributed by atoms with Gasteiger partial charge in [-0.15, -0.1) is 0 Å². The minimum Gasteiger partial charge on any atom is -0.744 e. The number of hydrogen-bond donors (Lipinski definition) is 0. The first kappa shape index (κ1) is 23.1. The molecule has 28 heavy (non-hydrogen) atoms. The van der Waals surface area contributed by atoms with Crippen molar-refractivity contribution in [3.8, 4) is 5.75 Å². The fourth-order valence-electron chi connectivity index (χ4n) is 3.19. The summed E-state index contributed by atoms with van der Waals surface area (Å²) in [5.41, 5.74) is 0.928. The first-order valence-electron chi connectivity index (χ1n) is 9.42. The highest BCUT2D eigenvalue weighted by molar-refractivity contribution is 14.1. The lowest BCUT2D eigenvalue weighted by atomic mass is 10.2. The Hall–Kier alpha value is -1.16. The third-order valence-electron chi connectivity index (χ3n) is 4.88. The summed E-state index contributed by atoms with van der Waals surface area (Å²) in [6, 6.07) is 14.1. The van der Waals surface area contributed by atoms with Gasteiger partial charge in [0.1, 0.15) is 15.9 Å². The van der Waals surface area contributed by atoms with E-state index in [9.17, 15) is 13.0 Å². The molecule has 1 heterocycles. The van der Waals surface area contributed by atoms with E-state index in [0.717, 1.165) is 24.3 Å². The molecule has 2 aromatic carbocycles. The summed E-state index contributed by atoms with van der Waals surface area (Å²) in [7, 11) is -1.90. The minimum atomic E-state index is -4.27. The van der Waals surface area contributed by atoms with Gasteiger partial charge in [0.05, 0.1) is 38.2 Å². The SMILES string of the molecule is C[N+]1(CCCOc2ccc(I)cc2)CCCC1.Cc1ccc(S(=O)(=O)[O-])cc1. The van der Waals surface area contributed by atoms with Crippen molar-refractivity contribution in [3.63, 3.8) is 0 Å². The molecule has 0 saturated carbocycles. The molecule has 3 rings (SSSR count). The van der Waals surface area contributed by atoms with Crippen molar-refractivity contribution in [2.75, 3.05) is 33.3 Å². The van der Waals surface area contributed by atoms with Crippen molar-refractivity contribution in [2.24, 2.45) is 0 Å². The van der Waals surface area contributed by atoms with Crippen LogP contribution in [0.1, 0.15) is 24.8 Å². The quantitative estimate of drug-likeness (QED) is 0.250. The molecule has 0 radical (unpaired) electrons. The molecule has 0 bridgehead atoms. The summed E-state index contributed by atoms with van der Waals surface area (Å²) >= 11 is 2.31. The smallest absolute Gasteiger partial charge is 0.124 e.